The van der Waals surface area contributed by atoms with Gasteiger partial charge in [0.15, 0.2) is 0 Å². The van der Waals surface area contributed by atoms with Crippen LogP contribution in [0, 0.1) is 0 Å². The molecule has 140 valence electrons. The molecule has 0 radical (unpaired) electrons. The second-order valence-electron chi connectivity index (χ2n) is 5.96. The fourth-order valence-corrected chi connectivity index (χ4v) is 4.35. The third-order valence-corrected chi connectivity index (χ3v) is 6.35. The van der Waals surface area contributed by atoms with E-state index in [1.165, 1.54) is 4.31 Å². The van der Waals surface area contributed by atoms with Gasteiger partial charge in [0.25, 0.3) is 0 Å². The Balaban J connectivity index is 1.64. The highest BCUT2D eigenvalue weighted by Gasteiger charge is 2.26. The molecule has 1 aliphatic heterocycles. The van der Waals surface area contributed by atoms with Gasteiger partial charge in [-0.05, 0) is 42.5 Å². The van der Waals surface area contributed by atoms with Gasteiger partial charge >= 0.3 is 0 Å². The highest BCUT2D eigenvalue weighted by molar-refractivity contribution is 7.89. The largest absolute Gasteiger partial charge is 0.416 e. The maximum Gasteiger partial charge on any atom is 0.248 e. The highest BCUT2D eigenvalue weighted by Crippen LogP contribution is 2.27. The number of halogens is 1. The molecular formula is C18H16ClN3O4S. The quantitative estimate of drug-likeness (QED) is 0.663. The summed E-state index contributed by atoms with van der Waals surface area (Å²) >= 11 is 5.89. The molecule has 1 saturated heterocycles. The van der Waals surface area contributed by atoms with Crippen molar-refractivity contribution in [2.45, 2.75) is 4.90 Å². The lowest BCUT2D eigenvalue weighted by Gasteiger charge is -2.26. The summed E-state index contributed by atoms with van der Waals surface area (Å²) in [7, 11) is -3.59. The fourth-order valence-electron chi connectivity index (χ4n) is 2.77. The Morgan fingerprint density at radius 3 is 2.30 bits per heavy atom. The minimum absolute atomic E-state index is 0.188. The Morgan fingerprint density at radius 2 is 1.59 bits per heavy atom. The molecule has 0 unspecified atom stereocenters. The standard InChI is InChI=1S/C18H16ClN3O4S/c19-15-6-4-13(5-7-15)17-20-21-18(26-17)14-2-1-3-16(12-14)27(23,24)22-8-10-25-11-9-22/h1-7,12H,8-11H2. The summed E-state index contributed by atoms with van der Waals surface area (Å²) in [5, 5.41) is 8.69. The average Bonchev–Trinajstić information content (AvgIpc) is 3.20. The third-order valence-electron chi connectivity index (χ3n) is 4.20. The van der Waals surface area contributed by atoms with Gasteiger partial charge in [0, 0.05) is 29.2 Å². The monoisotopic (exact) mass is 405 g/mol. The van der Waals surface area contributed by atoms with Crippen LogP contribution in [-0.2, 0) is 14.8 Å². The van der Waals surface area contributed by atoms with Crippen LogP contribution in [-0.4, -0.2) is 49.2 Å². The number of rotatable bonds is 4. The van der Waals surface area contributed by atoms with E-state index in [1.54, 1.807) is 48.5 Å². The van der Waals surface area contributed by atoms with E-state index in [4.69, 9.17) is 20.8 Å². The number of sulfonamides is 1. The Kier molecular flexibility index (Phi) is 4.96. The molecular weight excluding hydrogens is 390 g/mol. The molecule has 0 saturated carbocycles. The first-order valence-electron chi connectivity index (χ1n) is 8.32. The summed E-state index contributed by atoms with van der Waals surface area (Å²) in [6.07, 6.45) is 0. The van der Waals surface area contributed by atoms with Crippen molar-refractivity contribution in [3.63, 3.8) is 0 Å². The minimum atomic E-state index is -3.59. The van der Waals surface area contributed by atoms with E-state index in [-0.39, 0.29) is 10.8 Å². The fraction of sp³-hybridized carbons (Fsp3) is 0.222. The number of hydrogen-bond acceptors (Lipinski definition) is 6. The molecule has 0 N–H and O–H groups in total. The second kappa shape index (κ2) is 7.40. The lowest BCUT2D eigenvalue weighted by atomic mass is 10.2. The molecule has 1 fully saturated rings. The summed E-state index contributed by atoms with van der Waals surface area (Å²) in [5.41, 5.74) is 1.27. The lowest BCUT2D eigenvalue weighted by molar-refractivity contribution is 0.0730. The molecule has 0 amide bonds. The van der Waals surface area contributed by atoms with Crippen molar-refractivity contribution in [2.24, 2.45) is 0 Å². The van der Waals surface area contributed by atoms with Gasteiger partial charge in [-0.15, -0.1) is 10.2 Å². The van der Waals surface area contributed by atoms with Crippen LogP contribution in [0.5, 0.6) is 0 Å². The van der Waals surface area contributed by atoms with E-state index in [1.807, 2.05) is 0 Å². The molecule has 1 aromatic heterocycles. The predicted molar refractivity (Wildman–Crippen MR) is 99.8 cm³/mol. The molecule has 4 rings (SSSR count). The number of morpholine rings is 1. The molecule has 1 aliphatic rings. The van der Waals surface area contributed by atoms with Crippen molar-refractivity contribution in [3.05, 3.63) is 53.6 Å². The highest BCUT2D eigenvalue weighted by atomic mass is 35.5. The van der Waals surface area contributed by atoms with E-state index in [9.17, 15) is 8.42 Å². The lowest BCUT2D eigenvalue weighted by Crippen LogP contribution is -2.40. The van der Waals surface area contributed by atoms with Gasteiger partial charge in [0.1, 0.15) is 0 Å². The molecule has 0 aliphatic carbocycles. The molecule has 9 heteroatoms. The number of benzene rings is 2. The zero-order valence-corrected chi connectivity index (χ0v) is 15.8. The van der Waals surface area contributed by atoms with Gasteiger partial charge in [0.05, 0.1) is 18.1 Å². The second-order valence-corrected chi connectivity index (χ2v) is 8.34. The van der Waals surface area contributed by atoms with Crippen LogP contribution in [0.15, 0.2) is 57.8 Å². The normalized spacial score (nSPS) is 15.7. The molecule has 0 spiro atoms. The molecule has 3 aromatic rings. The predicted octanol–water partition coefficient (Wildman–Crippen LogP) is 3.08. The summed E-state index contributed by atoms with van der Waals surface area (Å²) < 4.78 is 38.0. The molecule has 0 atom stereocenters. The Bertz CT molecular complexity index is 1040. The van der Waals surface area contributed by atoms with Crippen molar-refractivity contribution in [1.29, 1.82) is 0 Å². The van der Waals surface area contributed by atoms with E-state index in [2.05, 4.69) is 10.2 Å². The number of ether oxygens (including phenoxy) is 1. The molecule has 7 nitrogen and oxygen atoms in total. The van der Waals surface area contributed by atoms with Crippen LogP contribution >= 0.6 is 11.6 Å². The first-order valence-corrected chi connectivity index (χ1v) is 10.1. The first kappa shape index (κ1) is 18.1. The van der Waals surface area contributed by atoms with E-state index < -0.39 is 10.0 Å². The summed E-state index contributed by atoms with van der Waals surface area (Å²) in [4.78, 5) is 0.188. The number of aromatic nitrogens is 2. The van der Waals surface area contributed by atoms with Crippen LogP contribution in [0.3, 0.4) is 0 Å². The molecule has 27 heavy (non-hydrogen) atoms. The Morgan fingerprint density at radius 1 is 0.926 bits per heavy atom. The summed E-state index contributed by atoms with van der Waals surface area (Å²) in [5.74, 6) is 0.585. The average molecular weight is 406 g/mol. The SMILES string of the molecule is O=S(=O)(c1cccc(-c2nnc(-c3ccc(Cl)cc3)o2)c1)N1CCOCC1. The van der Waals surface area contributed by atoms with E-state index in [0.717, 1.165) is 5.56 Å². The summed E-state index contributed by atoms with van der Waals surface area (Å²) in [6, 6.07) is 13.5. The van der Waals surface area contributed by atoms with Crippen LogP contribution in [0.4, 0.5) is 0 Å². The smallest absolute Gasteiger partial charge is 0.248 e. The maximum absolute atomic E-state index is 12.8. The van der Waals surface area contributed by atoms with Gasteiger partial charge in [0.2, 0.25) is 21.8 Å². The van der Waals surface area contributed by atoms with Gasteiger partial charge in [-0.2, -0.15) is 4.31 Å². The first-order chi connectivity index (χ1) is 13.0. The van der Waals surface area contributed by atoms with Crippen molar-refractivity contribution in [1.82, 2.24) is 14.5 Å². The van der Waals surface area contributed by atoms with Crippen LogP contribution < -0.4 is 0 Å². The third kappa shape index (κ3) is 3.74. The van der Waals surface area contributed by atoms with Crippen molar-refractivity contribution in [3.8, 4) is 22.9 Å². The molecule has 2 aromatic carbocycles. The zero-order valence-electron chi connectivity index (χ0n) is 14.2. The van der Waals surface area contributed by atoms with Crippen molar-refractivity contribution < 1.29 is 17.6 Å². The molecule has 2 heterocycles. The van der Waals surface area contributed by atoms with Gasteiger partial charge in [-0.3, -0.25) is 0 Å². The van der Waals surface area contributed by atoms with Gasteiger partial charge in [-0.25, -0.2) is 8.42 Å². The van der Waals surface area contributed by atoms with Crippen LogP contribution in [0.1, 0.15) is 0 Å². The maximum atomic E-state index is 12.8. The molecule has 0 bridgehead atoms. The summed E-state index contributed by atoms with van der Waals surface area (Å²) in [6.45, 7) is 1.47. The van der Waals surface area contributed by atoms with Gasteiger partial charge < -0.3 is 9.15 Å². The van der Waals surface area contributed by atoms with Crippen molar-refractivity contribution in [2.75, 3.05) is 26.3 Å². The van der Waals surface area contributed by atoms with Crippen molar-refractivity contribution >= 4 is 21.6 Å². The zero-order chi connectivity index (χ0) is 18.9. The van der Waals surface area contributed by atoms with Gasteiger partial charge in [-0.1, -0.05) is 17.7 Å². The topological polar surface area (TPSA) is 85.5 Å². The van der Waals surface area contributed by atoms with Crippen LogP contribution in [0.2, 0.25) is 5.02 Å². The number of hydrogen-bond donors (Lipinski definition) is 0. The Labute approximate surface area is 161 Å². The minimum Gasteiger partial charge on any atom is -0.416 e. The number of nitrogens with zero attached hydrogens (tertiary/aromatic N) is 3. The van der Waals surface area contributed by atoms with E-state index in [0.29, 0.717) is 42.8 Å². The van der Waals surface area contributed by atoms with E-state index >= 15 is 0 Å². The Hall–Kier alpha value is -2.26. The van der Waals surface area contributed by atoms with Crippen LogP contribution in [0.25, 0.3) is 22.9 Å².